The van der Waals surface area contributed by atoms with Crippen molar-refractivity contribution < 1.29 is 4.79 Å². The van der Waals surface area contributed by atoms with Crippen molar-refractivity contribution in [2.24, 2.45) is 5.73 Å². The van der Waals surface area contributed by atoms with Crippen molar-refractivity contribution in [2.45, 2.75) is 13.3 Å². The van der Waals surface area contributed by atoms with Gasteiger partial charge in [-0.1, -0.05) is 6.92 Å². The summed E-state index contributed by atoms with van der Waals surface area (Å²) >= 11 is 0. The molecule has 0 bridgehead atoms. The highest BCUT2D eigenvalue weighted by Gasteiger charge is 2.08. The second kappa shape index (κ2) is 6.45. The van der Waals surface area contributed by atoms with Gasteiger partial charge >= 0.3 is 0 Å². The number of hydrogen-bond acceptors (Lipinski definition) is 7. The number of carbonyl (C=O) groups is 1. The maximum atomic E-state index is 10.8. The fourth-order valence-corrected chi connectivity index (χ4v) is 1.42. The third-order valence-corrected chi connectivity index (χ3v) is 2.31. The molecule has 1 amide bonds. The first-order valence-corrected chi connectivity index (χ1v) is 6.19. The molecule has 106 valence electrons. The van der Waals surface area contributed by atoms with Crippen LogP contribution in [0, 0.1) is 0 Å². The van der Waals surface area contributed by atoms with Crippen molar-refractivity contribution in [1.29, 1.82) is 0 Å². The average Bonchev–Trinajstić information content (AvgIpc) is 2.97. The van der Waals surface area contributed by atoms with Gasteiger partial charge in [0.25, 0.3) is 0 Å². The fraction of sp³-hybridized carbons (Fsp3) is 0.364. The third-order valence-electron chi connectivity index (χ3n) is 2.31. The smallest absolute Gasteiger partial charge is 0.241 e. The number of carbonyl (C=O) groups excluding carboxylic acids is 1. The first kappa shape index (κ1) is 13.7. The molecule has 4 N–H and O–H groups in total. The van der Waals surface area contributed by atoms with Gasteiger partial charge in [0.15, 0.2) is 0 Å². The normalized spacial score (nSPS) is 10.2. The first-order chi connectivity index (χ1) is 9.69. The van der Waals surface area contributed by atoms with E-state index in [9.17, 15) is 4.79 Å². The summed E-state index contributed by atoms with van der Waals surface area (Å²) in [6, 6.07) is 0. The molecule has 0 aliphatic rings. The Bertz CT molecular complexity index is 568. The van der Waals surface area contributed by atoms with Crippen LogP contribution in [0.2, 0.25) is 0 Å². The van der Waals surface area contributed by atoms with E-state index < -0.39 is 5.91 Å². The molecular weight excluding hydrogens is 260 g/mol. The number of primary amides is 1. The topological polar surface area (TPSA) is 124 Å². The van der Waals surface area contributed by atoms with E-state index in [2.05, 4.69) is 30.6 Å². The van der Waals surface area contributed by atoms with E-state index in [-0.39, 0.29) is 12.5 Å². The lowest BCUT2D eigenvalue weighted by Gasteiger charge is -2.09. The Balaban J connectivity index is 2.26. The van der Waals surface area contributed by atoms with Gasteiger partial charge in [-0.2, -0.15) is 15.0 Å². The Morgan fingerprint density at radius 1 is 1.30 bits per heavy atom. The van der Waals surface area contributed by atoms with Gasteiger partial charge in [0.1, 0.15) is 6.33 Å². The fourth-order valence-electron chi connectivity index (χ4n) is 1.42. The van der Waals surface area contributed by atoms with E-state index in [0.29, 0.717) is 11.9 Å². The Hall–Kier alpha value is -2.71. The zero-order valence-corrected chi connectivity index (χ0v) is 11.1. The SMILES string of the molecule is CCCNc1nc(NCC(N)=O)nc(-n2ccnc2)n1. The average molecular weight is 276 g/mol. The third kappa shape index (κ3) is 3.64. The molecule has 0 fully saturated rings. The van der Waals surface area contributed by atoms with Crippen molar-refractivity contribution in [3.63, 3.8) is 0 Å². The van der Waals surface area contributed by atoms with Crippen molar-refractivity contribution in [2.75, 3.05) is 23.7 Å². The van der Waals surface area contributed by atoms with Crippen molar-refractivity contribution in [3.05, 3.63) is 18.7 Å². The summed E-state index contributed by atoms with van der Waals surface area (Å²) in [5.74, 6) is 0.624. The molecule has 9 nitrogen and oxygen atoms in total. The lowest BCUT2D eigenvalue weighted by atomic mass is 10.5. The quantitative estimate of drug-likeness (QED) is 0.638. The summed E-state index contributed by atoms with van der Waals surface area (Å²) in [7, 11) is 0. The molecule has 2 aromatic rings. The number of anilines is 2. The molecule has 0 aliphatic heterocycles. The van der Waals surface area contributed by atoms with Crippen LogP contribution in [0.15, 0.2) is 18.7 Å². The van der Waals surface area contributed by atoms with E-state index in [0.717, 1.165) is 13.0 Å². The molecule has 0 aromatic carbocycles. The van der Waals surface area contributed by atoms with Gasteiger partial charge in [-0.3, -0.25) is 9.36 Å². The zero-order valence-electron chi connectivity index (χ0n) is 11.1. The van der Waals surface area contributed by atoms with E-state index in [1.165, 1.54) is 0 Å². The lowest BCUT2D eigenvalue weighted by Crippen LogP contribution is -2.23. The summed E-state index contributed by atoms with van der Waals surface area (Å²) < 4.78 is 1.65. The molecule has 0 radical (unpaired) electrons. The van der Waals surface area contributed by atoms with Crippen LogP contribution < -0.4 is 16.4 Å². The highest BCUT2D eigenvalue weighted by atomic mass is 16.1. The van der Waals surface area contributed by atoms with Gasteiger partial charge < -0.3 is 16.4 Å². The van der Waals surface area contributed by atoms with Crippen molar-refractivity contribution in [3.8, 4) is 5.95 Å². The summed E-state index contributed by atoms with van der Waals surface area (Å²) in [5, 5.41) is 5.83. The molecule has 2 heterocycles. The summed E-state index contributed by atoms with van der Waals surface area (Å²) in [4.78, 5) is 27.4. The largest absolute Gasteiger partial charge is 0.368 e. The van der Waals surface area contributed by atoms with Crippen LogP contribution in [0.3, 0.4) is 0 Å². The standard InChI is InChI=1S/C11H16N8O/c1-2-3-14-9-16-10(15-6-8(12)20)18-11(17-9)19-5-4-13-7-19/h4-5,7H,2-3,6H2,1H3,(H2,12,20)(H2,14,15,16,17,18). The summed E-state index contributed by atoms with van der Waals surface area (Å²) in [5.41, 5.74) is 5.09. The maximum absolute atomic E-state index is 10.8. The second-order valence-corrected chi connectivity index (χ2v) is 4.00. The number of nitrogens with zero attached hydrogens (tertiary/aromatic N) is 5. The number of amides is 1. The van der Waals surface area contributed by atoms with Gasteiger partial charge in [-0.25, -0.2) is 4.98 Å². The molecule has 0 saturated heterocycles. The van der Waals surface area contributed by atoms with Crippen LogP contribution in [-0.4, -0.2) is 43.5 Å². The highest BCUT2D eigenvalue weighted by Crippen LogP contribution is 2.09. The Morgan fingerprint density at radius 2 is 2.05 bits per heavy atom. The van der Waals surface area contributed by atoms with E-state index in [4.69, 9.17) is 5.73 Å². The molecule has 20 heavy (non-hydrogen) atoms. The number of hydrogen-bond donors (Lipinski definition) is 3. The number of imidazole rings is 1. The van der Waals surface area contributed by atoms with E-state index in [1.807, 2.05) is 6.92 Å². The summed E-state index contributed by atoms with van der Waals surface area (Å²) in [6.45, 7) is 2.74. The number of aromatic nitrogens is 5. The molecule has 0 saturated carbocycles. The lowest BCUT2D eigenvalue weighted by molar-refractivity contribution is -0.116. The minimum absolute atomic E-state index is 0.0411. The molecule has 9 heteroatoms. The molecule has 0 atom stereocenters. The highest BCUT2D eigenvalue weighted by molar-refractivity contribution is 5.78. The van der Waals surface area contributed by atoms with Crippen LogP contribution in [0.1, 0.15) is 13.3 Å². The van der Waals surface area contributed by atoms with Crippen LogP contribution in [0.4, 0.5) is 11.9 Å². The molecular formula is C11H16N8O. The predicted octanol–water partition coefficient (Wildman–Crippen LogP) is -0.224. The summed E-state index contributed by atoms with van der Waals surface area (Å²) in [6.07, 6.45) is 5.86. The van der Waals surface area contributed by atoms with Gasteiger partial charge in [0, 0.05) is 18.9 Å². The van der Waals surface area contributed by atoms with Gasteiger partial charge in [-0.05, 0) is 6.42 Å². The van der Waals surface area contributed by atoms with Crippen molar-refractivity contribution >= 4 is 17.8 Å². The van der Waals surface area contributed by atoms with Gasteiger partial charge in [0.05, 0.1) is 6.54 Å². The minimum Gasteiger partial charge on any atom is -0.368 e. The van der Waals surface area contributed by atoms with Crippen LogP contribution in [0.5, 0.6) is 0 Å². The maximum Gasteiger partial charge on any atom is 0.241 e. The Labute approximate surface area is 115 Å². The van der Waals surface area contributed by atoms with E-state index >= 15 is 0 Å². The van der Waals surface area contributed by atoms with Crippen molar-refractivity contribution in [1.82, 2.24) is 24.5 Å². The Kier molecular flexibility index (Phi) is 4.43. The molecule has 0 aliphatic carbocycles. The van der Waals surface area contributed by atoms with Crippen LogP contribution >= 0.6 is 0 Å². The molecule has 2 aromatic heterocycles. The van der Waals surface area contributed by atoms with Crippen LogP contribution in [-0.2, 0) is 4.79 Å². The first-order valence-electron chi connectivity index (χ1n) is 6.19. The second-order valence-electron chi connectivity index (χ2n) is 4.00. The molecule has 2 rings (SSSR count). The van der Waals surface area contributed by atoms with Gasteiger partial charge in [-0.15, -0.1) is 0 Å². The minimum atomic E-state index is -0.488. The monoisotopic (exact) mass is 276 g/mol. The van der Waals surface area contributed by atoms with Gasteiger partial charge in [0.2, 0.25) is 23.8 Å². The molecule has 0 unspecified atom stereocenters. The number of nitrogens with two attached hydrogens (primary N) is 1. The number of rotatable bonds is 7. The molecule has 0 spiro atoms. The zero-order chi connectivity index (χ0) is 14.4. The van der Waals surface area contributed by atoms with Crippen LogP contribution in [0.25, 0.3) is 5.95 Å². The number of nitrogens with one attached hydrogen (secondary N) is 2. The van der Waals surface area contributed by atoms with E-state index in [1.54, 1.807) is 23.3 Å². The Morgan fingerprint density at radius 3 is 2.65 bits per heavy atom. The predicted molar refractivity (Wildman–Crippen MR) is 73.4 cm³/mol.